The van der Waals surface area contributed by atoms with Gasteiger partial charge in [-0.2, -0.15) is 17.6 Å². The van der Waals surface area contributed by atoms with Gasteiger partial charge in [0.15, 0.2) is 0 Å². The fourth-order valence-corrected chi connectivity index (χ4v) is 1.59. The van der Waals surface area contributed by atoms with Gasteiger partial charge in [-0.05, 0) is 12.8 Å². The van der Waals surface area contributed by atoms with Crippen molar-refractivity contribution in [3.05, 3.63) is 0 Å². The quantitative estimate of drug-likeness (QED) is 0.516. The molecule has 13 heavy (non-hydrogen) atoms. The zero-order valence-electron chi connectivity index (χ0n) is 7.46. The minimum absolute atomic E-state index is 0.211. The second-order valence-corrected chi connectivity index (χ2v) is 3.68. The van der Waals surface area contributed by atoms with Crippen molar-refractivity contribution in [2.75, 3.05) is 0 Å². The van der Waals surface area contributed by atoms with Crippen LogP contribution in [0.4, 0.5) is 17.6 Å². The first-order chi connectivity index (χ1) is 5.96. The average Bonchev–Trinajstić information content (AvgIpc) is 2.05. The topological polar surface area (TPSA) is 0 Å². The van der Waals surface area contributed by atoms with E-state index in [2.05, 4.69) is 0 Å². The van der Waals surface area contributed by atoms with Crippen LogP contribution >= 0.6 is 0 Å². The third-order valence-electron chi connectivity index (χ3n) is 2.52. The van der Waals surface area contributed by atoms with Crippen LogP contribution in [0.3, 0.4) is 0 Å². The summed E-state index contributed by atoms with van der Waals surface area (Å²) in [6.07, 6.45) is 1.18. The van der Waals surface area contributed by atoms with E-state index in [4.69, 9.17) is 0 Å². The van der Waals surface area contributed by atoms with E-state index in [-0.39, 0.29) is 12.8 Å². The summed E-state index contributed by atoms with van der Waals surface area (Å²) in [6.45, 7) is 0. The van der Waals surface area contributed by atoms with Gasteiger partial charge >= 0.3 is 11.8 Å². The van der Waals surface area contributed by atoms with Gasteiger partial charge < -0.3 is 0 Å². The first-order valence-electron chi connectivity index (χ1n) is 4.71. The van der Waals surface area contributed by atoms with Crippen molar-refractivity contribution in [1.29, 1.82) is 0 Å². The maximum Gasteiger partial charge on any atom is 0.310 e. The molecule has 0 nitrogen and oxygen atoms in total. The maximum atomic E-state index is 12.9. The Kier molecular flexibility index (Phi) is 3.19. The van der Waals surface area contributed by atoms with Crippen LogP contribution in [-0.2, 0) is 0 Å². The summed E-state index contributed by atoms with van der Waals surface area (Å²) in [4.78, 5) is 0. The van der Waals surface area contributed by atoms with Gasteiger partial charge in [-0.3, -0.25) is 0 Å². The van der Waals surface area contributed by atoms with E-state index in [1.54, 1.807) is 0 Å². The predicted molar refractivity (Wildman–Crippen MR) is 42.2 cm³/mol. The highest BCUT2D eigenvalue weighted by Gasteiger charge is 2.54. The van der Waals surface area contributed by atoms with Crippen molar-refractivity contribution in [2.45, 2.75) is 56.8 Å². The van der Waals surface area contributed by atoms with E-state index in [9.17, 15) is 17.6 Å². The van der Waals surface area contributed by atoms with Crippen LogP contribution < -0.4 is 0 Å². The molecule has 0 heterocycles. The Bertz CT molecular complexity index is 147. The third-order valence-corrected chi connectivity index (χ3v) is 2.52. The SMILES string of the molecule is FC1(F)CCCCCCCC1(F)F. The Morgan fingerprint density at radius 2 is 0.846 bits per heavy atom. The Balaban J connectivity index is 2.66. The Morgan fingerprint density at radius 1 is 0.538 bits per heavy atom. The highest BCUT2D eigenvalue weighted by Crippen LogP contribution is 2.42. The standard InChI is InChI=1S/C9H14F4/c10-8(11)6-4-2-1-3-5-7-9(8,12)13/h1-7H2. The van der Waals surface area contributed by atoms with Crippen LogP contribution in [0.25, 0.3) is 0 Å². The number of alkyl halides is 4. The molecule has 0 unspecified atom stereocenters. The van der Waals surface area contributed by atoms with E-state index in [1.165, 1.54) is 0 Å². The van der Waals surface area contributed by atoms with E-state index < -0.39 is 24.7 Å². The van der Waals surface area contributed by atoms with Gasteiger partial charge in [-0.25, -0.2) is 0 Å². The summed E-state index contributed by atoms with van der Waals surface area (Å²) in [5.74, 6) is -7.59. The number of hydrogen-bond acceptors (Lipinski definition) is 0. The molecule has 0 atom stereocenters. The van der Waals surface area contributed by atoms with Crippen LogP contribution in [-0.4, -0.2) is 11.8 Å². The molecule has 1 aliphatic carbocycles. The molecule has 1 rings (SSSR count). The Labute approximate surface area is 75.3 Å². The molecule has 0 aromatic rings. The molecule has 1 saturated carbocycles. The lowest BCUT2D eigenvalue weighted by molar-refractivity contribution is -0.215. The summed E-state index contributed by atoms with van der Waals surface area (Å²) in [7, 11) is 0. The van der Waals surface area contributed by atoms with Crippen molar-refractivity contribution < 1.29 is 17.6 Å². The highest BCUT2D eigenvalue weighted by molar-refractivity contribution is 4.85. The molecule has 0 amide bonds. The van der Waals surface area contributed by atoms with Gasteiger partial charge in [0.1, 0.15) is 0 Å². The summed E-state index contributed by atoms with van der Waals surface area (Å²) in [5, 5.41) is 0. The van der Waals surface area contributed by atoms with E-state index in [0.29, 0.717) is 12.8 Å². The molecule has 0 N–H and O–H groups in total. The predicted octanol–water partition coefficient (Wildman–Crippen LogP) is 4.00. The van der Waals surface area contributed by atoms with Crippen molar-refractivity contribution in [3.8, 4) is 0 Å². The number of halogens is 4. The van der Waals surface area contributed by atoms with Crippen molar-refractivity contribution in [3.63, 3.8) is 0 Å². The zero-order valence-corrected chi connectivity index (χ0v) is 7.46. The Hall–Kier alpha value is -0.280. The van der Waals surface area contributed by atoms with Crippen molar-refractivity contribution in [1.82, 2.24) is 0 Å². The molecule has 0 radical (unpaired) electrons. The normalized spacial score (nSPS) is 28.6. The van der Waals surface area contributed by atoms with Crippen LogP contribution in [0.2, 0.25) is 0 Å². The number of rotatable bonds is 0. The fourth-order valence-electron chi connectivity index (χ4n) is 1.59. The summed E-state index contributed by atoms with van der Waals surface area (Å²) in [5.41, 5.74) is 0. The molecule has 0 aromatic heterocycles. The fraction of sp³-hybridized carbons (Fsp3) is 1.00. The second-order valence-electron chi connectivity index (χ2n) is 3.68. The van der Waals surface area contributed by atoms with Crippen LogP contribution in [0.5, 0.6) is 0 Å². The molecule has 0 aromatic carbocycles. The first kappa shape index (κ1) is 10.8. The molecule has 0 spiro atoms. The maximum absolute atomic E-state index is 12.9. The molecule has 0 saturated heterocycles. The smallest absolute Gasteiger partial charge is 0.200 e. The number of hydrogen-bond donors (Lipinski definition) is 0. The first-order valence-corrected chi connectivity index (χ1v) is 4.71. The monoisotopic (exact) mass is 198 g/mol. The van der Waals surface area contributed by atoms with E-state index in [1.807, 2.05) is 0 Å². The third kappa shape index (κ3) is 2.58. The van der Waals surface area contributed by atoms with Crippen molar-refractivity contribution >= 4 is 0 Å². The van der Waals surface area contributed by atoms with E-state index >= 15 is 0 Å². The lowest BCUT2D eigenvalue weighted by Crippen LogP contribution is -2.40. The Morgan fingerprint density at radius 3 is 1.23 bits per heavy atom. The van der Waals surface area contributed by atoms with Crippen LogP contribution in [0, 0.1) is 0 Å². The van der Waals surface area contributed by atoms with Gasteiger partial charge in [-0.15, -0.1) is 0 Å². The lowest BCUT2D eigenvalue weighted by atomic mass is 10.0. The van der Waals surface area contributed by atoms with Gasteiger partial charge in [0, 0.05) is 12.8 Å². The molecule has 1 aliphatic rings. The largest absolute Gasteiger partial charge is 0.310 e. The van der Waals surface area contributed by atoms with Gasteiger partial charge in [0.05, 0.1) is 0 Å². The molecule has 4 heteroatoms. The minimum atomic E-state index is -3.79. The van der Waals surface area contributed by atoms with Crippen LogP contribution in [0.1, 0.15) is 44.9 Å². The minimum Gasteiger partial charge on any atom is -0.200 e. The lowest BCUT2D eigenvalue weighted by Gasteiger charge is -2.25. The molecule has 0 bridgehead atoms. The van der Waals surface area contributed by atoms with Gasteiger partial charge in [-0.1, -0.05) is 19.3 Å². The highest BCUT2D eigenvalue weighted by atomic mass is 19.3. The summed E-state index contributed by atoms with van der Waals surface area (Å²) < 4.78 is 51.4. The molecule has 0 aliphatic heterocycles. The summed E-state index contributed by atoms with van der Waals surface area (Å²) in [6, 6.07) is 0. The second kappa shape index (κ2) is 3.84. The van der Waals surface area contributed by atoms with Crippen molar-refractivity contribution in [2.24, 2.45) is 0 Å². The molecular formula is C9H14F4. The van der Waals surface area contributed by atoms with Gasteiger partial charge in [0.25, 0.3) is 0 Å². The molecule has 78 valence electrons. The zero-order chi connectivity index (χ0) is 9.95. The molecular weight excluding hydrogens is 184 g/mol. The average molecular weight is 198 g/mol. The van der Waals surface area contributed by atoms with Gasteiger partial charge in [0.2, 0.25) is 0 Å². The van der Waals surface area contributed by atoms with E-state index in [0.717, 1.165) is 6.42 Å². The van der Waals surface area contributed by atoms with Crippen LogP contribution in [0.15, 0.2) is 0 Å². The molecule has 1 fully saturated rings. The summed E-state index contributed by atoms with van der Waals surface area (Å²) >= 11 is 0.